The number of benzene rings is 1. The van der Waals surface area contributed by atoms with E-state index in [1.54, 1.807) is 0 Å². The first-order valence-corrected chi connectivity index (χ1v) is 7.01. The molecule has 2 heterocycles. The molecule has 0 aliphatic carbocycles. The number of rotatable bonds is 3. The van der Waals surface area contributed by atoms with Crippen LogP contribution in [0.3, 0.4) is 0 Å². The van der Waals surface area contributed by atoms with E-state index < -0.39 is 0 Å². The fraction of sp³-hybridized carbons (Fsp3) is 0.467. The lowest BCUT2D eigenvalue weighted by molar-refractivity contribution is 0.0740. The predicted molar refractivity (Wildman–Crippen MR) is 75.0 cm³/mol. The predicted octanol–water partition coefficient (Wildman–Crippen LogP) is 2.00. The summed E-state index contributed by atoms with van der Waals surface area (Å²) in [6, 6.07) is 8.02. The molecule has 1 saturated heterocycles. The average molecular weight is 273 g/mol. The Morgan fingerprint density at radius 2 is 2.05 bits per heavy atom. The van der Waals surface area contributed by atoms with Crippen molar-refractivity contribution in [1.29, 1.82) is 0 Å². The standard InChI is InChI=1S/C15H19N3O2/c1-11-4-2-3-5-13(11)15-16-14(20-17-15)10-18-8-6-12(19)7-9-18/h2-5,12,19H,6-10H2,1H3. The minimum atomic E-state index is -0.156. The van der Waals surface area contributed by atoms with Crippen LogP contribution in [0.2, 0.25) is 0 Å². The molecule has 1 aromatic heterocycles. The molecule has 106 valence electrons. The summed E-state index contributed by atoms with van der Waals surface area (Å²) in [5.74, 6) is 1.29. The maximum atomic E-state index is 9.50. The van der Waals surface area contributed by atoms with Gasteiger partial charge < -0.3 is 9.63 Å². The zero-order valence-corrected chi connectivity index (χ0v) is 11.6. The Bertz CT molecular complexity index is 574. The van der Waals surface area contributed by atoms with E-state index >= 15 is 0 Å². The smallest absolute Gasteiger partial charge is 0.241 e. The third-order valence-corrected chi connectivity index (χ3v) is 3.77. The molecule has 1 N–H and O–H groups in total. The van der Waals surface area contributed by atoms with Gasteiger partial charge >= 0.3 is 0 Å². The summed E-state index contributed by atoms with van der Waals surface area (Å²) in [6.45, 7) is 4.45. The Hall–Kier alpha value is -1.72. The molecular formula is C15H19N3O2. The summed E-state index contributed by atoms with van der Waals surface area (Å²) >= 11 is 0. The molecule has 0 saturated carbocycles. The fourth-order valence-electron chi connectivity index (χ4n) is 2.52. The first kappa shape index (κ1) is 13.3. The molecule has 0 spiro atoms. The third kappa shape index (κ3) is 2.89. The molecule has 0 amide bonds. The van der Waals surface area contributed by atoms with E-state index in [4.69, 9.17) is 4.52 Å². The molecule has 20 heavy (non-hydrogen) atoms. The van der Waals surface area contributed by atoms with Crippen molar-refractivity contribution in [2.24, 2.45) is 0 Å². The molecule has 1 aliphatic rings. The lowest BCUT2D eigenvalue weighted by Crippen LogP contribution is -2.35. The van der Waals surface area contributed by atoms with Gasteiger partial charge in [0.05, 0.1) is 12.6 Å². The van der Waals surface area contributed by atoms with Crippen LogP contribution < -0.4 is 0 Å². The van der Waals surface area contributed by atoms with Gasteiger partial charge in [0.2, 0.25) is 11.7 Å². The summed E-state index contributed by atoms with van der Waals surface area (Å²) in [5.41, 5.74) is 2.15. The topological polar surface area (TPSA) is 62.4 Å². The van der Waals surface area contributed by atoms with Gasteiger partial charge in [-0.3, -0.25) is 4.90 Å². The van der Waals surface area contributed by atoms with Crippen LogP contribution in [0.1, 0.15) is 24.3 Å². The van der Waals surface area contributed by atoms with Crippen molar-refractivity contribution in [1.82, 2.24) is 15.0 Å². The van der Waals surface area contributed by atoms with E-state index in [1.807, 2.05) is 31.2 Å². The number of hydrogen-bond acceptors (Lipinski definition) is 5. The van der Waals surface area contributed by atoms with Crippen molar-refractivity contribution in [3.8, 4) is 11.4 Å². The lowest BCUT2D eigenvalue weighted by atomic mass is 10.1. The molecule has 5 heteroatoms. The van der Waals surface area contributed by atoms with Crippen LogP contribution in [0.15, 0.2) is 28.8 Å². The molecule has 0 radical (unpaired) electrons. The zero-order chi connectivity index (χ0) is 13.9. The molecule has 2 aromatic rings. The lowest BCUT2D eigenvalue weighted by Gasteiger charge is -2.27. The van der Waals surface area contributed by atoms with Crippen molar-refractivity contribution >= 4 is 0 Å². The largest absolute Gasteiger partial charge is 0.393 e. The number of aryl methyl sites for hydroxylation is 1. The summed E-state index contributed by atoms with van der Waals surface area (Å²) in [6.07, 6.45) is 1.48. The second-order valence-electron chi connectivity index (χ2n) is 5.33. The average Bonchev–Trinajstić information content (AvgIpc) is 2.90. The minimum absolute atomic E-state index is 0.156. The van der Waals surface area contributed by atoms with Crippen molar-refractivity contribution < 1.29 is 9.63 Å². The monoisotopic (exact) mass is 273 g/mol. The van der Waals surface area contributed by atoms with E-state index in [0.717, 1.165) is 37.1 Å². The van der Waals surface area contributed by atoms with Gasteiger partial charge in [-0.1, -0.05) is 29.4 Å². The van der Waals surface area contributed by atoms with Gasteiger partial charge in [-0.15, -0.1) is 0 Å². The van der Waals surface area contributed by atoms with E-state index in [1.165, 1.54) is 0 Å². The molecule has 1 aliphatic heterocycles. The second kappa shape index (κ2) is 5.73. The molecule has 3 rings (SSSR count). The zero-order valence-electron chi connectivity index (χ0n) is 11.6. The molecular weight excluding hydrogens is 254 g/mol. The Balaban J connectivity index is 1.70. The SMILES string of the molecule is Cc1ccccc1-c1noc(CN2CCC(O)CC2)n1. The number of aliphatic hydroxyl groups excluding tert-OH is 1. The highest BCUT2D eigenvalue weighted by Crippen LogP contribution is 2.20. The fourth-order valence-corrected chi connectivity index (χ4v) is 2.52. The number of likely N-dealkylation sites (tertiary alicyclic amines) is 1. The Labute approximate surface area is 118 Å². The van der Waals surface area contributed by atoms with Gasteiger partial charge in [0.15, 0.2) is 0 Å². The second-order valence-corrected chi connectivity index (χ2v) is 5.33. The van der Waals surface area contributed by atoms with E-state index in [9.17, 15) is 5.11 Å². The molecule has 1 aromatic carbocycles. The summed E-state index contributed by atoms with van der Waals surface area (Å²) in [4.78, 5) is 6.71. The van der Waals surface area contributed by atoms with Crippen LogP contribution in [-0.4, -0.2) is 39.3 Å². The number of aliphatic hydroxyl groups is 1. The quantitative estimate of drug-likeness (QED) is 0.926. The van der Waals surface area contributed by atoms with Crippen LogP contribution >= 0.6 is 0 Å². The summed E-state index contributed by atoms with van der Waals surface area (Å²) < 4.78 is 5.34. The first-order valence-electron chi connectivity index (χ1n) is 7.01. The van der Waals surface area contributed by atoms with Crippen LogP contribution in [0.4, 0.5) is 0 Å². The molecule has 1 fully saturated rings. The highest BCUT2D eigenvalue weighted by atomic mass is 16.5. The first-order chi connectivity index (χ1) is 9.72. The maximum Gasteiger partial charge on any atom is 0.241 e. The normalized spacial score (nSPS) is 17.5. The van der Waals surface area contributed by atoms with E-state index in [0.29, 0.717) is 18.3 Å². The maximum absolute atomic E-state index is 9.50. The van der Waals surface area contributed by atoms with Crippen LogP contribution in [0.25, 0.3) is 11.4 Å². The molecule has 5 nitrogen and oxygen atoms in total. The highest BCUT2D eigenvalue weighted by Gasteiger charge is 2.19. The van der Waals surface area contributed by atoms with Crippen LogP contribution in [0.5, 0.6) is 0 Å². The van der Waals surface area contributed by atoms with Crippen molar-refractivity contribution in [3.05, 3.63) is 35.7 Å². The van der Waals surface area contributed by atoms with Gasteiger partial charge in [0, 0.05) is 18.7 Å². The number of aromatic nitrogens is 2. The minimum Gasteiger partial charge on any atom is -0.393 e. The number of nitrogens with zero attached hydrogens (tertiary/aromatic N) is 3. The van der Waals surface area contributed by atoms with Crippen molar-refractivity contribution in [2.45, 2.75) is 32.4 Å². The van der Waals surface area contributed by atoms with Gasteiger partial charge in [0.1, 0.15) is 0 Å². The summed E-state index contributed by atoms with van der Waals surface area (Å²) in [7, 11) is 0. The third-order valence-electron chi connectivity index (χ3n) is 3.77. The Kier molecular flexibility index (Phi) is 3.80. The Morgan fingerprint density at radius 3 is 2.80 bits per heavy atom. The van der Waals surface area contributed by atoms with Crippen LogP contribution in [-0.2, 0) is 6.54 Å². The Morgan fingerprint density at radius 1 is 1.30 bits per heavy atom. The van der Waals surface area contributed by atoms with Gasteiger partial charge in [-0.2, -0.15) is 4.98 Å². The van der Waals surface area contributed by atoms with Gasteiger partial charge in [-0.25, -0.2) is 0 Å². The number of piperidine rings is 1. The van der Waals surface area contributed by atoms with Crippen LogP contribution in [0, 0.1) is 6.92 Å². The molecule has 0 atom stereocenters. The number of hydrogen-bond donors (Lipinski definition) is 1. The van der Waals surface area contributed by atoms with E-state index in [2.05, 4.69) is 15.0 Å². The summed E-state index contributed by atoms with van der Waals surface area (Å²) in [5, 5.41) is 13.6. The van der Waals surface area contributed by atoms with E-state index in [-0.39, 0.29) is 6.10 Å². The van der Waals surface area contributed by atoms with Crippen molar-refractivity contribution in [2.75, 3.05) is 13.1 Å². The molecule has 0 unspecified atom stereocenters. The van der Waals surface area contributed by atoms with Gasteiger partial charge in [0.25, 0.3) is 0 Å². The van der Waals surface area contributed by atoms with Crippen molar-refractivity contribution in [3.63, 3.8) is 0 Å². The highest BCUT2D eigenvalue weighted by molar-refractivity contribution is 5.58. The van der Waals surface area contributed by atoms with Gasteiger partial charge in [-0.05, 0) is 25.3 Å². The molecule has 0 bridgehead atoms.